The average molecular weight is 223 g/mol. The highest BCUT2D eigenvalue weighted by Gasteiger charge is 2.06. The molecule has 0 amide bonds. The Balaban J connectivity index is 2.61. The van der Waals surface area contributed by atoms with Gasteiger partial charge >= 0.3 is 0 Å². The van der Waals surface area contributed by atoms with E-state index < -0.39 is 0 Å². The molecule has 0 bridgehead atoms. The van der Waals surface area contributed by atoms with Crippen LogP contribution in [-0.2, 0) is 0 Å². The van der Waals surface area contributed by atoms with Gasteiger partial charge in [0.05, 0.1) is 0 Å². The minimum absolute atomic E-state index is 0.545. The average Bonchev–Trinajstić information content (AvgIpc) is 2.23. The second-order valence-corrected chi connectivity index (χ2v) is 3.70. The third-order valence-corrected chi connectivity index (χ3v) is 2.59. The summed E-state index contributed by atoms with van der Waals surface area (Å²) in [5.74, 6) is 0.803. The van der Waals surface area contributed by atoms with Gasteiger partial charge in [-0.05, 0) is 45.1 Å². The van der Waals surface area contributed by atoms with E-state index in [4.69, 9.17) is 17.0 Å². The molecule has 1 rings (SSSR count). The van der Waals surface area contributed by atoms with Crippen molar-refractivity contribution >= 4 is 17.4 Å². The van der Waals surface area contributed by atoms with Crippen molar-refractivity contribution in [3.63, 3.8) is 0 Å². The fourth-order valence-corrected chi connectivity index (χ4v) is 1.61. The molecule has 0 saturated carbocycles. The van der Waals surface area contributed by atoms with Crippen molar-refractivity contribution in [3.8, 4) is 5.75 Å². The third kappa shape index (κ3) is 3.51. The maximum absolute atomic E-state index is 5.57. The van der Waals surface area contributed by atoms with E-state index in [2.05, 4.69) is 13.8 Å². The van der Waals surface area contributed by atoms with Crippen LogP contribution in [0.25, 0.3) is 0 Å². The monoisotopic (exact) mass is 223 g/mol. The molecule has 3 heteroatoms. The van der Waals surface area contributed by atoms with Gasteiger partial charge in [0.25, 0.3) is 5.17 Å². The van der Waals surface area contributed by atoms with E-state index >= 15 is 0 Å². The number of ether oxygens (including phenoxy) is 1. The standard InChI is InChI=1S/C12H17NOS/c1-4-13(5-2)12(15)14-11-8-6-10(3)7-9-11/h6-9H,4-5H2,1-3H3. The van der Waals surface area contributed by atoms with Crippen LogP contribution in [0.4, 0.5) is 0 Å². The lowest BCUT2D eigenvalue weighted by Crippen LogP contribution is -2.32. The molecular formula is C12H17NOS. The molecule has 0 fully saturated rings. The Morgan fingerprint density at radius 3 is 2.20 bits per heavy atom. The Hall–Kier alpha value is -1.09. The Labute approximate surface area is 96.9 Å². The number of benzene rings is 1. The van der Waals surface area contributed by atoms with Gasteiger partial charge in [-0.3, -0.25) is 0 Å². The Morgan fingerprint density at radius 1 is 1.20 bits per heavy atom. The molecule has 1 aromatic carbocycles. The van der Waals surface area contributed by atoms with Crippen LogP contribution in [0.15, 0.2) is 24.3 Å². The van der Waals surface area contributed by atoms with Gasteiger partial charge < -0.3 is 9.64 Å². The zero-order valence-electron chi connectivity index (χ0n) is 9.49. The van der Waals surface area contributed by atoms with E-state index in [1.54, 1.807) is 0 Å². The first kappa shape index (κ1) is 12.0. The van der Waals surface area contributed by atoms with Crippen LogP contribution in [0.2, 0.25) is 0 Å². The van der Waals surface area contributed by atoms with Crippen LogP contribution in [0.5, 0.6) is 5.75 Å². The lowest BCUT2D eigenvalue weighted by molar-refractivity contribution is 0.378. The van der Waals surface area contributed by atoms with Gasteiger partial charge in [0.2, 0.25) is 0 Å². The van der Waals surface area contributed by atoms with Crippen molar-refractivity contribution in [3.05, 3.63) is 29.8 Å². The molecular weight excluding hydrogens is 206 g/mol. The molecule has 0 aliphatic heterocycles. The molecule has 0 aliphatic carbocycles. The number of hydrogen-bond donors (Lipinski definition) is 0. The van der Waals surface area contributed by atoms with Crippen molar-refractivity contribution in [1.82, 2.24) is 4.90 Å². The second-order valence-electron chi connectivity index (χ2n) is 3.35. The Morgan fingerprint density at radius 2 is 1.73 bits per heavy atom. The second kappa shape index (κ2) is 5.71. The summed E-state index contributed by atoms with van der Waals surface area (Å²) in [5.41, 5.74) is 1.22. The van der Waals surface area contributed by atoms with E-state index in [0.29, 0.717) is 5.17 Å². The van der Waals surface area contributed by atoms with Gasteiger partial charge in [-0.2, -0.15) is 0 Å². The summed E-state index contributed by atoms with van der Waals surface area (Å²) < 4.78 is 5.57. The number of nitrogens with zero attached hydrogens (tertiary/aromatic N) is 1. The third-order valence-electron chi connectivity index (χ3n) is 2.25. The fourth-order valence-electron chi connectivity index (χ4n) is 1.25. The summed E-state index contributed by atoms with van der Waals surface area (Å²) >= 11 is 5.19. The summed E-state index contributed by atoms with van der Waals surface area (Å²) in [7, 11) is 0. The summed E-state index contributed by atoms with van der Waals surface area (Å²) in [4.78, 5) is 2.01. The van der Waals surface area contributed by atoms with Gasteiger partial charge in [0.1, 0.15) is 5.75 Å². The summed E-state index contributed by atoms with van der Waals surface area (Å²) in [6, 6.07) is 7.90. The molecule has 1 aromatic rings. The molecule has 0 aliphatic rings. The van der Waals surface area contributed by atoms with Gasteiger partial charge in [-0.25, -0.2) is 0 Å². The number of hydrogen-bond acceptors (Lipinski definition) is 2. The molecule has 0 heterocycles. The Bertz CT molecular complexity index is 317. The van der Waals surface area contributed by atoms with Crippen molar-refractivity contribution in [1.29, 1.82) is 0 Å². The molecule has 0 aromatic heterocycles. The Kier molecular flexibility index (Phi) is 4.56. The highest BCUT2D eigenvalue weighted by molar-refractivity contribution is 7.80. The van der Waals surface area contributed by atoms with Crippen LogP contribution in [0.3, 0.4) is 0 Å². The minimum atomic E-state index is 0.545. The van der Waals surface area contributed by atoms with Gasteiger partial charge in [-0.1, -0.05) is 17.7 Å². The number of aryl methyl sites for hydroxylation is 1. The summed E-state index contributed by atoms with van der Waals surface area (Å²) in [6.45, 7) is 7.93. The molecule has 0 N–H and O–H groups in total. The highest BCUT2D eigenvalue weighted by atomic mass is 32.1. The smallest absolute Gasteiger partial charge is 0.264 e. The van der Waals surface area contributed by atoms with Crippen LogP contribution in [-0.4, -0.2) is 23.2 Å². The minimum Gasteiger partial charge on any atom is -0.432 e. The van der Waals surface area contributed by atoms with Crippen LogP contribution >= 0.6 is 12.2 Å². The topological polar surface area (TPSA) is 12.5 Å². The van der Waals surface area contributed by atoms with Crippen LogP contribution in [0, 0.1) is 6.92 Å². The molecule has 0 spiro atoms. The normalized spacial score (nSPS) is 9.80. The first-order valence-electron chi connectivity index (χ1n) is 5.20. The molecule has 0 unspecified atom stereocenters. The van der Waals surface area contributed by atoms with E-state index in [1.165, 1.54) is 5.56 Å². The lowest BCUT2D eigenvalue weighted by atomic mass is 10.2. The summed E-state index contributed by atoms with van der Waals surface area (Å²) in [5, 5.41) is 0.545. The van der Waals surface area contributed by atoms with E-state index in [-0.39, 0.29) is 0 Å². The van der Waals surface area contributed by atoms with Crippen molar-refractivity contribution in [2.45, 2.75) is 20.8 Å². The van der Waals surface area contributed by atoms with Crippen molar-refractivity contribution in [2.24, 2.45) is 0 Å². The largest absolute Gasteiger partial charge is 0.432 e. The van der Waals surface area contributed by atoms with Gasteiger partial charge in [0, 0.05) is 13.1 Å². The van der Waals surface area contributed by atoms with Gasteiger partial charge in [-0.15, -0.1) is 0 Å². The predicted molar refractivity (Wildman–Crippen MR) is 67.3 cm³/mol. The van der Waals surface area contributed by atoms with Crippen molar-refractivity contribution < 1.29 is 4.74 Å². The van der Waals surface area contributed by atoms with E-state index in [0.717, 1.165) is 18.8 Å². The maximum atomic E-state index is 5.57. The van der Waals surface area contributed by atoms with Crippen LogP contribution < -0.4 is 4.74 Å². The molecule has 2 nitrogen and oxygen atoms in total. The zero-order chi connectivity index (χ0) is 11.3. The molecule has 82 valence electrons. The predicted octanol–water partition coefficient (Wildman–Crippen LogP) is 3.00. The zero-order valence-corrected chi connectivity index (χ0v) is 10.3. The molecule has 0 saturated heterocycles. The van der Waals surface area contributed by atoms with E-state index in [1.807, 2.05) is 36.1 Å². The first-order chi connectivity index (χ1) is 7.17. The van der Waals surface area contributed by atoms with Gasteiger partial charge in [0.15, 0.2) is 0 Å². The SMILES string of the molecule is CCN(CC)C(=S)Oc1ccc(C)cc1. The quantitative estimate of drug-likeness (QED) is 0.731. The fraction of sp³-hybridized carbons (Fsp3) is 0.417. The number of rotatable bonds is 3. The maximum Gasteiger partial charge on any atom is 0.264 e. The molecule has 0 atom stereocenters. The van der Waals surface area contributed by atoms with E-state index in [9.17, 15) is 0 Å². The highest BCUT2D eigenvalue weighted by Crippen LogP contribution is 2.12. The van der Waals surface area contributed by atoms with Crippen molar-refractivity contribution in [2.75, 3.05) is 13.1 Å². The lowest BCUT2D eigenvalue weighted by Gasteiger charge is -2.20. The molecule has 0 radical (unpaired) electrons. The number of thiocarbonyl (C=S) groups is 1. The van der Waals surface area contributed by atoms with Crippen LogP contribution in [0.1, 0.15) is 19.4 Å². The summed E-state index contributed by atoms with van der Waals surface area (Å²) in [6.07, 6.45) is 0. The first-order valence-corrected chi connectivity index (χ1v) is 5.61. The molecule has 15 heavy (non-hydrogen) atoms.